The molecule has 0 spiro atoms. The first kappa shape index (κ1) is 12.8. The first-order chi connectivity index (χ1) is 8.58. The van der Waals surface area contributed by atoms with E-state index in [1.54, 1.807) is 6.08 Å². The Bertz CT molecular complexity index is 449. The van der Waals surface area contributed by atoms with Gasteiger partial charge in [-0.05, 0) is 19.4 Å². The monoisotopic (exact) mass is 244 g/mol. The smallest absolute Gasteiger partial charge is 0.246 e. The van der Waals surface area contributed by atoms with E-state index in [-0.39, 0.29) is 17.9 Å². The molecule has 2 rings (SSSR count). The highest BCUT2D eigenvalue weighted by atomic mass is 16.2. The van der Waals surface area contributed by atoms with Crippen molar-refractivity contribution in [1.82, 2.24) is 4.90 Å². The number of nitrogens with two attached hydrogens (primary N) is 1. The van der Waals surface area contributed by atoms with Gasteiger partial charge in [-0.2, -0.15) is 0 Å². The lowest BCUT2D eigenvalue weighted by Crippen LogP contribution is -2.31. The van der Waals surface area contributed by atoms with Gasteiger partial charge in [0.2, 0.25) is 5.91 Å². The van der Waals surface area contributed by atoms with Crippen molar-refractivity contribution in [1.29, 1.82) is 0 Å². The lowest BCUT2D eigenvalue weighted by molar-refractivity contribution is -0.125. The minimum absolute atomic E-state index is 0.0295. The number of carbonyl (C=O) groups excluding carboxylic acids is 1. The molecule has 0 aliphatic carbocycles. The van der Waals surface area contributed by atoms with Crippen LogP contribution < -0.4 is 5.73 Å². The van der Waals surface area contributed by atoms with Gasteiger partial charge >= 0.3 is 0 Å². The van der Waals surface area contributed by atoms with Gasteiger partial charge in [0.15, 0.2) is 0 Å². The van der Waals surface area contributed by atoms with E-state index in [1.165, 1.54) is 5.56 Å². The van der Waals surface area contributed by atoms with Gasteiger partial charge in [-0.3, -0.25) is 4.79 Å². The SMILES string of the molecule is CC(C)=CC(=O)N1C[C@@H](N)[C@H](c2ccccc2)C1. The zero-order valence-electron chi connectivity index (χ0n) is 11.0. The van der Waals surface area contributed by atoms with E-state index >= 15 is 0 Å². The molecule has 3 heteroatoms. The summed E-state index contributed by atoms with van der Waals surface area (Å²) in [7, 11) is 0. The normalized spacial score (nSPS) is 22.9. The third-order valence-electron chi connectivity index (χ3n) is 3.32. The van der Waals surface area contributed by atoms with Crippen LogP contribution in [0.3, 0.4) is 0 Å². The van der Waals surface area contributed by atoms with Gasteiger partial charge in [0.1, 0.15) is 0 Å². The summed E-state index contributed by atoms with van der Waals surface area (Å²) >= 11 is 0. The average Bonchev–Trinajstić information content (AvgIpc) is 2.72. The summed E-state index contributed by atoms with van der Waals surface area (Å²) in [5.41, 5.74) is 8.40. The van der Waals surface area contributed by atoms with E-state index < -0.39 is 0 Å². The van der Waals surface area contributed by atoms with Gasteiger partial charge in [0.05, 0.1) is 0 Å². The molecule has 1 fully saturated rings. The highest BCUT2D eigenvalue weighted by Crippen LogP contribution is 2.26. The molecule has 1 heterocycles. The van der Waals surface area contributed by atoms with Gasteiger partial charge in [-0.25, -0.2) is 0 Å². The zero-order chi connectivity index (χ0) is 13.1. The van der Waals surface area contributed by atoms with Crippen LogP contribution in [0.5, 0.6) is 0 Å². The van der Waals surface area contributed by atoms with Crippen molar-refractivity contribution in [2.45, 2.75) is 25.8 Å². The second-order valence-corrected chi connectivity index (χ2v) is 5.15. The molecule has 1 amide bonds. The first-order valence-electron chi connectivity index (χ1n) is 6.32. The number of allylic oxidation sites excluding steroid dienone is 1. The molecule has 1 aliphatic heterocycles. The van der Waals surface area contributed by atoms with E-state index in [0.29, 0.717) is 13.1 Å². The molecule has 1 aliphatic rings. The molecule has 3 nitrogen and oxygen atoms in total. The van der Waals surface area contributed by atoms with Gasteiger partial charge in [0, 0.05) is 31.1 Å². The second-order valence-electron chi connectivity index (χ2n) is 5.15. The van der Waals surface area contributed by atoms with Crippen LogP contribution in [0.25, 0.3) is 0 Å². The van der Waals surface area contributed by atoms with Crippen molar-refractivity contribution in [2.75, 3.05) is 13.1 Å². The maximum absolute atomic E-state index is 12.0. The van der Waals surface area contributed by atoms with Crippen molar-refractivity contribution in [2.24, 2.45) is 5.73 Å². The fourth-order valence-corrected chi connectivity index (χ4v) is 2.40. The largest absolute Gasteiger partial charge is 0.337 e. The Morgan fingerprint density at radius 1 is 1.28 bits per heavy atom. The predicted octanol–water partition coefficient (Wildman–Crippen LogP) is 1.91. The average molecular weight is 244 g/mol. The topological polar surface area (TPSA) is 46.3 Å². The molecule has 1 saturated heterocycles. The van der Waals surface area contributed by atoms with Crippen LogP contribution in [0.2, 0.25) is 0 Å². The highest BCUT2D eigenvalue weighted by molar-refractivity contribution is 5.88. The lowest BCUT2D eigenvalue weighted by Gasteiger charge is -2.15. The Morgan fingerprint density at radius 2 is 1.94 bits per heavy atom. The van der Waals surface area contributed by atoms with Crippen LogP contribution >= 0.6 is 0 Å². The number of hydrogen-bond acceptors (Lipinski definition) is 2. The standard InChI is InChI=1S/C15H20N2O/c1-11(2)8-15(18)17-9-13(14(16)10-17)12-6-4-3-5-7-12/h3-8,13-14H,9-10,16H2,1-2H3/t13-,14+/m0/s1. The fraction of sp³-hybridized carbons (Fsp3) is 0.400. The molecule has 0 unspecified atom stereocenters. The summed E-state index contributed by atoms with van der Waals surface area (Å²) in [6, 6.07) is 10.2. The summed E-state index contributed by atoms with van der Waals surface area (Å²) in [6.45, 7) is 5.22. The highest BCUT2D eigenvalue weighted by Gasteiger charge is 2.32. The third-order valence-corrected chi connectivity index (χ3v) is 3.32. The number of rotatable bonds is 2. The Kier molecular flexibility index (Phi) is 3.82. The Labute approximate surface area is 108 Å². The minimum atomic E-state index is 0.0295. The number of carbonyl (C=O) groups is 1. The van der Waals surface area contributed by atoms with E-state index in [0.717, 1.165) is 5.57 Å². The van der Waals surface area contributed by atoms with Crippen LogP contribution in [0.15, 0.2) is 42.0 Å². The molecule has 1 aromatic carbocycles. The third kappa shape index (κ3) is 2.79. The number of hydrogen-bond donors (Lipinski definition) is 1. The van der Waals surface area contributed by atoms with Crippen LogP contribution in [-0.2, 0) is 4.79 Å². The van der Waals surface area contributed by atoms with E-state index in [4.69, 9.17) is 5.73 Å². The molecule has 18 heavy (non-hydrogen) atoms. The molecule has 0 bridgehead atoms. The maximum atomic E-state index is 12.0. The molecule has 96 valence electrons. The zero-order valence-corrected chi connectivity index (χ0v) is 11.0. The summed E-state index contributed by atoms with van der Waals surface area (Å²) in [4.78, 5) is 13.8. The fourth-order valence-electron chi connectivity index (χ4n) is 2.40. The molecular weight excluding hydrogens is 224 g/mol. The predicted molar refractivity (Wildman–Crippen MR) is 73.2 cm³/mol. The number of benzene rings is 1. The van der Waals surface area contributed by atoms with Gasteiger partial charge in [0.25, 0.3) is 0 Å². The second kappa shape index (κ2) is 5.36. The van der Waals surface area contributed by atoms with E-state index in [1.807, 2.05) is 36.9 Å². The quantitative estimate of drug-likeness (QED) is 0.808. The molecule has 1 aromatic rings. The van der Waals surface area contributed by atoms with Crippen molar-refractivity contribution < 1.29 is 4.79 Å². The van der Waals surface area contributed by atoms with Crippen LogP contribution in [0.4, 0.5) is 0 Å². The van der Waals surface area contributed by atoms with E-state index in [2.05, 4.69) is 12.1 Å². The number of nitrogens with zero attached hydrogens (tertiary/aromatic N) is 1. The lowest BCUT2D eigenvalue weighted by atomic mass is 9.95. The number of amides is 1. The van der Waals surface area contributed by atoms with Gasteiger partial charge < -0.3 is 10.6 Å². The van der Waals surface area contributed by atoms with Crippen LogP contribution in [-0.4, -0.2) is 29.9 Å². The molecule has 2 atom stereocenters. The van der Waals surface area contributed by atoms with Gasteiger partial charge in [-0.1, -0.05) is 35.9 Å². The first-order valence-corrected chi connectivity index (χ1v) is 6.32. The van der Waals surface area contributed by atoms with Crippen LogP contribution in [0, 0.1) is 0 Å². The Hall–Kier alpha value is -1.61. The summed E-state index contributed by atoms with van der Waals surface area (Å²) in [6.07, 6.45) is 1.68. The molecule has 0 aromatic heterocycles. The summed E-state index contributed by atoms with van der Waals surface area (Å²) < 4.78 is 0. The minimum Gasteiger partial charge on any atom is -0.337 e. The van der Waals surface area contributed by atoms with Crippen molar-refractivity contribution in [3.05, 3.63) is 47.5 Å². The maximum Gasteiger partial charge on any atom is 0.246 e. The Morgan fingerprint density at radius 3 is 2.56 bits per heavy atom. The Balaban J connectivity index is 2.10. The van der Waals surface area contributed by atoms with Crippen molar-refractivity contribution >= 4 is 5.91 Å². The summed E-state index contributed by atoms with van der Waals surface area (Å²) in [5.74, 6) is 0.324. The number of likely N-dealkylation sites (tertiary alicyclic amines) is 1. The molecular formula is C15H20N2O. The van der Waals surface area contributed by atoms with Crippen molar-refractivity contribution in [3.63, 3.8) is 0 Å². The van der Waals surface area contributed by atoms with Crippen molar-refractivity contribution in [3.8, 4) is 0 Å². The molecule has 0 radical (unpaired) electrons. The van der Waals surface area contributed by atoms with Crippen LogP contribution in [0.1, 0.15) is 25.3 Å². The summed E-state index contributed by atoms with van der Waals surface area (Å²) in [5, 5.41) is 0. The molecule has 0 saturated carbocycles. The molecule has 2 N–H and O–H groups in total. The van der Waals surface area contributed by atoms with Gasteiger partial charge in [-0.15, -0.1) is 0 Å². The van der Waals surface area contributed by atoms with E-state index in [9.17, 15) is 4.79 Å².